The maximum absolute atomic E-state index is 12.4. The SMILES string of the molecule is CC1OCCN(C(=O)C(=O)Nc2ccc3c(c2)CCC3)C1C. The second kappa shape index (κ2) is 6.08. The lowest BCUT2D eigenvalue weighted by Gasteiger charge is -2.37. The zero-order valence-electron chi connectivity index (χ0n) is 13.1. The van der Waals surface area contributed by atoms with Crippen molar-refractivity contribution < 1.29 is 14.3 Å². The molecule has 1 aliphatic carbocycles. The van der Waals surface area contributed by atoms with Crippen LogP contribution in [0.25, 0.3) is 0 Å². The highest BCUT2D eigenvalue weighted by Crippen LogP contribution is 2.25. The van der Waals surface area contributed by atoms with E-state index in [4.69, 9.17) is 4.74 Å². The predicted molar refractivity (Wildman–Crippen MR) is 83.7 cm³/mol. The van der Waals surface area contributed by atoms with Crippen LogP contribution in [-0.4, -0.2) is 42.0 Å². The Kier molecular flexibility index (Phi) is 4.16. The molecule has 2 aliphatic rings. The van der Waals surface area contributed by atoms with Gasteiger partial charge in [0.2, 0.25) is 0 Å². The molecular formula is C17H22N2O3. The number of hydrogen-bond acceptors (Lipinski definition) is 3. The van der Waals surface area contributed by atoms with Crippen molar-refractivity contribution in [3.63, 3.8) is 0 Å². The molecule has 0 spiro atoms. The minimum absolute atomic E-state index is 0.0505. The molecule has 1 aliphatic heterocycles. The van der Waals surface area contributed by atoms with Gasteiger partial charge in [0, 0.05) is 12.2 Å². The maximum Gasteiger partial charge on any atom is 0.313 e. The first-order valence-electron chi connectivity index (χ1n) is 7.91. The second-order valence-electron chi connectivity index (χ2n) is 6.11. The van der Waals surface area contributed by atoms with Crippen molar-refractivity contribution in [2.75, 3.05) is 18.5 Å². The molecule has 2 unspecified atom stereocenters. The number of hydrogen-bond donors (Lipinski definition) is 1. The lowest BCUT2D eigenvalue weighted by Crippen LogP contribution is -2.54. The number of rotatable bonds is 1. The summed E-state index contributed by atoms with van der Waals surface area (Å²) >= 11 is 0. The van der Waals surface area contributed by atoms with Crippen LogP contribution in [0.1, 0.15) is 31.4 Å². The average molecular weight is 302 g/mol. The van der Waals surface area contributed by atoms with E-state index >= 15 is 0 Å². The van der Waals surface area contributed by atoms with Crippen LogP contribution >= 0.6 is 0 Å². The molecule has 1 N–H and O–H groups in total. The highest BCUT2D eigenvalue weighted by atomic mass is 16.5. The summed E-state index contributed by atoms with van der Waals surface area (Å²) in [5, 5.41) is 2.73. The average Bonchev–Trinajstić information content (AvgIpc) is 2.97. The lowest BCUT2D eigenvalue weighted by molar-refractivity contribution is -0.152. The number of benzene rings is 1. The molecule has 0 saturated carbocycles. The number of carbonyl (C=O) groups is 2. The van der Waals surface area contributed by atoms with Crippen LogP contribution in [0.15, 0.2) is 18.2 Å². The third kappa shape index (κ3) is 2.86. The van der Waals surface area contributed by atoms with Crippen LogP contribution in [0, 0.1) is 0 Å². The van der Waals surface area contributed by atoms with Crippen molar-refractivity contribution in [2.24, 2.45) is 0 Å². The van der Waals surface area contributed by atoms with E-state index in [-0.39, 0.29) is 12.1 Å². The van der Waals surface area contributed by atoms with Gasteiger partial charge in [0.25, 0.3) is 0 Å². The summed E-state index contributed by atoms with van der Waals surface area (Å²) in [5.74, 6) is -1.05. The maximum atomic E-state index is 12.4. The standard InChI is InChI=1S/C17H22N2O3/c1-11-12(2)22-9-8-19(11)17(21)16(20)18-15-7-6-13-4-3-5-14(13)10-15/h6-7,10-12H,3-5,8-9H2,1-2H3,(H,18,20). The first-order valence-corrected chi connectivity index (χ1v) is 7.91. The summed E-state index contributed by atoms with van der Waals surface area (Å²) < 4.78 is 5.49. The van der Waals surface area contributed by atoms with Crippen molar-refractivity contribution in [1.82, 2.24) is 4.90 Å². The van der Waals surface area contributed by atoms with Crippen molar-refractivity contribution >= 4 is 17.5 Å². The smallest absolute Gasteiger partial charge is 0.313 e. The topological polar surface area (TPSA) is 58.6 Å². The van der Waals surface area contributed by atoms with Gasteiger partial charge in [-0.1, -0.05) is 6.07 Å². The number of nitrogens with one attached hydrogen (secondary N) is 1. The quantitative estimate of drug-likeness (QED) is 0.804. The van der Waals surface area contributed by atoms with Crippen LogP contribution in [-0.2, 0) is 27.2 Å². The largest absolute Gasteiger partial charge is 0.375 e. The Morgan fingerprint density at radius 3 is 2.82 bits per heavy atom. The van der Waals surface area contributed by atoms with Gasteiger partial charge in [-0.25, -0.2) is 0 Å². The molecule has 5 heteroatoms. The predicted octanol–water partition coefficient (Wildman–Crippen LogP) is 1.75. The molecule has 5 nitrogen and oxygen atoms in total. The molecule has 118 valence electrons. The lowest BCUT2D eigenvalue weighted by atomic mass is 10.1. The number of ether oxygens (including phenoxy) is 1. The van der Waals surface area contributed by atoms with E-state index in [1.54, 1.807) is 4.90 Å². The highest BCUT2D eigenvalue weighted by Gasteiger charge is 2.32. The molecule has 1 fully saturated rings. The molecule has 22 heavy (non-hydrogen) atoms. The Labute approximate surface area is 130 Å². The third-order valence-corrected chi connectivity index (χ3v) is 4.70. The van der Waals surface area contributed by atoms with E-state index in [1.807, 2.05) is 32.0 Å². The molecule has 2 atom stereocenters. The van der Waals surface area contributed by atoms with Gasteiger partial charge in [0.05, 0.1) is 18.8 Å². The fourth-order valence-electron chi connectivity index (χ4n) is 3.18. The number of fused-ring (bicyclic) bond motifs is 1. The Morgan fingerprint density at radius 2 is 2.00 bits per heavy atom. The van der Waals surface area contributed by atoms with Crippen LogP contribution < -0.4 is 5.32 Å². The summed E-state index contributed by atoms with van der Waals surface area (Å²) in [6, 6.07) is 5.81. The molecule has 1 aromatic carbocycles. The van der Waals surface area contributed by atoms with Crippen molar-refractivity contribution in [2.45, 2.75) is 45.3 Å². The van der Waals surface area contributed by atoms with Gasteiger partial charge < -0.3 is 15.0 Å². The first-order chi connectivity index (χ1) is 10.6. The number of carbonyl (C=O) groups excluding carboxylic acids is 2. The summed E-state index contributed by atoms with van der Waals surface area (Å²) in [6.07, 6.45) is 3.26. The van der Waals surface area contributed by atoms with Gasteiger partial charge in [0.15, 0.2) is 0 Å². The molecule has 0 radical (unpaired) electrons. The third-order valence-electron chi connectivity index (χ3n) is 4.70. The normalized spacial score (nSPS) is 24.0. The summed E-state index contributed by atoms with van der Waals surface area (Å²) in [5.41, 5.74) is 3.33. The summed E-state index contributed by atoms with van der Waals surface area (Å²) in [6.45, 7) is 4.76. The number of anilines is 1. The van der Waals surface area contributed by atoms with Crippen LogP contribution in [0.3, 0.4) is 0 Å². The van der Waals surface area contributed by atoms with E-state index in [9.17, 15) is 9.59 Å². The van der Waals surface area contributed by atoms with Crippen molar-refractivity contribution in [3.8, 4) is 0 Å². The molecule has 1 heterocycles. The highest BCUT2D eigenvalue weighted by molar-refractivity contribution is 6.39. The number of amides is 2. The van der Waals surface area contributed by atoms with E-state index in [1.165, 1.54) is 11.1 Å². The molecule has 0 aromatic heterocycles. The van der Waals surface area contributed by atoms with E-state index in [2.05, 4.69) is 5.32 Å². The first kappa shape index (κ1) is 15.0. The molecule has 3 rings (SSSR count). The van der Waals surface area contributed by atoms with Crippen LogP contribution in [0.4, 0.5) is 5.69 Å². The molecule has 1 aromatic rings. The van der Waals surface area contributed by atoms with Crippen molar-refractivity contribution in [3.05, 3.63) is 29.3 Å². The Morgan fingerprint density at radius 1 is 1.23 bits per heavy atom. The monoisotopic (exact) mass is 302 g/mol. The fraction of sp³-hybridized carbons (Fsp3) is 0.529. The number of aryl methyl sites for hydroxylation is 2. The van der Waals surface area contributed by atoms with Gasteiger partial charge in [-0.3, -0.25) is 9.59 Å². The van der Waals surface area contributed by atoms with Crippen LogP contribution in [0.5, 0.6) is 0 Å². The van der Waals surface area contributed by atoms with E-state index < -0.39 is 11.8 Å². The van der Waals surface area contributed by atoms with Crippen molar-refractivity contribution in [1.29, 1.82) is 0 Å². The summed E-state index contributed by atoms with van der Waals surface area (Å²) in [4.78, 5) is 26.2. The Hall–Kier alpha value is -1.88. The fourth-order valence-corrected chi connectivity index (χ4v) is 3.18. The number of nitrogens with zero attached hydrogens (tertiary/aromatic N) is 1. The van der Waals surface area contributed by atoms with Gasteiger partial charge in [0.1, 0.15) is 0 Å². The van der Waals surface area contributed by atoms with Gasteiger partial charge in [-0.15, -0.1) is 0 Å². The Balaban J connectivity index is 1.67. The molecule has 1 saturated heterocycles. The van der Waals surface area contributed by atoms with Crippen LogP contribution in [0.2, 0.25) is 0 Å². The van der Waals surface area contributed by atoms with E-state index in [0.717, 1.165) is 19.3 Å². The second-order valence-corrected chi connectivity index (χ2v) is 6.11. The van der Waals surface area contributed by atoms with E-state index in [0.29, 0.717) is 18.8 Å². The zero-order chi connectivity index (χ0) is 15.7. The Bertz CT molecular complexity index is 600. The van der Waals surface area contributed by atoms with Gasteiger partial charge >= 0.3 is 11.8 Å². The molecule has 2 amide bonds. The van der Waals surface area contributed by atoms with Gasteiger partial charge in [-0.05, 0) is 56.4 Å². The molecule has 0 bridgehead atoms. The molecular weight excluding hydrogens is 280 g/mol. The zero-order valence-corrected chi connectivity index (χ0v) is 13.1. The van der Waals surface area contributed by atoms with Gasteiger partial charge in [-0.2, -0.15) is 0 Å². The number of morpholine rings is 1. The summed E-state index contributed by atoms with van der Waals surface area (Å²) in [7, 11) is 0. The minimum atomic E-state index is -0.570. The minimum Gasteiger partial charge on any atom is -0.375 e.